The number of benzene rings is 1. The lowest BCUT2D eigenvalue weighted by atomic mass is 9.75. The number of hydrogen-bond donors (Lipinski definition) is 1. The first-order chi connectivity index (χ1) is 16.4. The minimum Gasteiger partial charge on any atom is -0.388 e. The summed E-state index contributed by atoms with van der Waals surface area (Å²) in [5, 5.41) is 15.3. The third-order valence-corrected chi connectivity index (χ3v) is 6.89. The van der Waals surface area contributed by atoms with Gasteiger partial charge in [-0.25, -0.2) is 4.68 Å². The Kier molecular flexibility index (Phi) is 5.96. The molecule has 1 fully saturated rings. The molecule has 0 spiro atoms. The van der Waals surface area contributed by atoms with Gasteiger partial charge in [0, 0.05) is 47.3 Å². The number of ketones is 1. The normalized spacial score (nSPS) is 21.7. The second kappa shape index (κ2) is 9.06. The van der Waals surface area contributed by atoms with E-state index in [0.29, 0.717) is 31.4 Å². The number of aliphatic imine (C=N–C) groups is 1. The van der Waals surface area contributed by atoms with Crippen molar-refractivity contribution < 1.29 is 9.90 Å². The summed E-state index contributed by atoms with van der Waals surface area (Å²) >= 11 is 0. The molecule has 174 valence electrons. The van der Waals surface area contributed by atoms with Crippen LogP contribution in [0.4, 0.5) is 0 Å². The van der Waals surface area contributed by atoms with E-state index in [1.807, 2.05) is 37.3 Å². The van der Waals surface area contributed by atoms with Crippen molar-refractivity contribution in [1.82, 2.24) is 14.8 Å². The highest BCUT2D eigenvalue weighted by Gasteiger charge is 2.36. The number of pyridine rings is 1. The Morgan fingerprint density at radius 1 is 1.21 bits per heavy atom. The summed E-state index contributed by atoms with van der Waals surface area (Å²) in [5.74, 6) is 0.138. The van der Waals surface area contributed by atoms with Crippen molar-refractivity contribution in [3.8, 4) is 0 Å². The number of carbonyl (C=O) groups excluding carboxylic acids is 1. The molecule has 1 aliphatic carbocycles. The van der Waals surface area contributed by atoms with Gasteiger partial charge in [-0.3, -0.25) is 19.6 Å². The summed E-state index contributed by atoms with van der Waals surface area (Å²) in [6, 6.07) is 12.8. The minimum absolute atomic E-state index is 0.0647. The lowest BCUT2D eigenvalue weighted by Gasteiger charge is -2.36. The fourth-order valence-corrected chi connectivity index (χ4v) is 5.24. The molecule has 1 saturated carbocycles. The number of aryl methyl sites for hydroxylation is 1. The molecule has 3 heterocycles. The van der Waals surface area contributed by atoms with Gasteiger partial charge < -0.3 is 5.11 Å². The average Bonchev–Trinajstić information content (AvgIpc) is 3.24. The van der Waals surface area contributed by atoms with Crippen LogP contribution in [0, 0.1) is 12.8 Å². The standard InChI is InChI=1S/C27H28N4O3/c1-18-12-21(8-11-28-18)26-23-14-20(6-7-22(23)16-29-26)24(32)13-19-4-2-9-27(34,15-19)17-31-25(33)5-3-10-30-31/h3,5-8,10-12,14,19,34H,2,4,9,13,15-17H2,1H3/t19-,27-/m0/s1. The Morgan fingerprint density at radius 2 is 2.09 bits per heavy atom. The number of Topliss-reactive ketones (excluding diaryl/α,β-unsaturated/α-hetero) is 1. The van der Waals surface area contributed by atoms with Crippen molar-refractivity contribution in [2.24, 2.45) is 10.9 Å². The van der Waals surface area contributed by atoms with Crippen LogP contribution in [-0.2, 0) is 13.1 Å². The van der Waals surface area contributed by atoms with E-state index in [9.17, 15) is 14.7 Å². The van der Waals surface area contributed by atoms with Crippen LogP contribution in [0.15, 0.2) is 64.6 Å². The molecule has 0 bridgehead atoms. The van der Waals surface area contributed by atoms with E-state index in [1.54, 1.807) is 18.5 Å². The van der Waals surface area contributed by atoms with E-state index in [4.69, 9.17) is 4.99 Å². The van der Waals surface area contributed by atoms with Gasteiger partial charge in [-0.05, 0) is 61.9 Å². The third kappa shape index (κ3) is 4.61. The summed E-state index contributed by atoms with van der Waals surface area (Å²) in [4.78, 5) is 34.3. The van der Waals surface area contributed by atoms with Crippen molar-refractivity contribution >= 4 is 11.5 Å². The van der Waals surface area contributed by atoms with Crippen LogP contribution >= 0.6 is 0 Å². The largest absolute Gasteiger partial charge is 0.388 e. The second-order valence-corrected chi connectivity index (χ2v) is 9.56. The van der Waals surface area contributed by atoms with Crippen LogP contribution in [0.2, 0.25) is 0 Å². The van der Waals surface area contributed by atoms with E-state index in [2.05, 4.69) is 10.1 Å². The predicted molar refractivity (Wildman–Crippen MR) is 129 cm³/mol. The van der Waals surface area contributed by atoms with Gasteiger partial charge in [0.1, 0.15) is 0 Å². The smallest absolute Gasteiger partial charge is 0.266 e. The number of nitrogens with zero attached hydrogens (tertiary/aromatic N) is 4. The average molecular weight is 457 g/mol. The Bertz CT molecular complexity index is 1330. The molecule has 5 rings (SSSR count). The highest BCUT2D eigenvalue weighted by molar-refractivity contribution is 6.16. The predicted octanol–water partition coefficient (Wildman–Crippen LogP) is 3.49. The van der Waals surface area contributed by atoms with Gasteiger partial charge >= 0.3 is 0 Å². The van der Waals surface area contributed by atoms with Gasteiger partial charge in [-0.1, -0.05) is 18.6 Å². The molecule has 0 saturated heterocycles. The summed E-state index contributed by atoms with van der Waals surface area (Å²) in [6.45, 7) is 2.72. The lowest BCUT2D eigenvalue weighted by molar-refractivity contribution is -0.0337. The van der Waals surface area contributed by atoms with E-state index >= 15 is 0 Å². The first kappa shape index (κ1) is 22.3. The monoisotopic (exact) mass is 456 g/mol. The molecule has 7 heteroatoms. The summed E-state index contributed by atoms with van der Waals surface area (Å²) in [6.07, 6.45) is 6.49. The van der Waals surface area contributed by atoms with Crippen LogP contribution in [0.5, 0.6) is 0 Å². The molecular formula is C27H28N4O3. The Morgan fingerprint density at radius 3 is 2.91 bits per heavy atom. The zero-order chi connectivity index (χ0) is 23.7. The van der Waals surface area contributed by atoms with Crippen LogP contribution < -0.4 is 5.56 Å². The quantitative estimate of drug-likeness (QED) is 0.573. The van der Waals surface area contributed by atoms with Gasteiger partial charge in [0.05, 0.1) is 24.4 Å². The minimum atomic E-state index is -1.03. The molecule has 3 aromatic rings. The maximum atomic E-state index is 13.2. The number of rotatable bonds is 6. The molecule has 2 aromatic heterocycles. The van der Waals surface area contributed by atoms with Crippen molar-refractivity contribution in [2.45, 2.75) is 57.7 Å². The fourth-order valence-electron chi connectivity index (χ4n) is 5.24. The molecule has 2 atom stereocenters. The zero-order valence-corrected chi connectivity index (χ0v) is 19.3. The topological polar surface area (TPSA) is 97.4 Å². The number of carbonyl (C=O) groups is 1. The lowest BCUT2D eigenvalue weighted by Crippen LogP contribution is -2.43. The maximum absolute atomic E-state index is 13.2. The van der Waals surface area contributed by atoms with Crippen molar-refractivity contribution in [1.29, 1.82) is 0 Å². The second-order valence-electron chi connectivity index (χ2n) is 9.56. The molecule has 7 nitrogen and oxygen atoms in total. The molecule has 1 aromatic carbocycles. The number of aromatic nitrogens is 3. The number of hydrogen-bond acceptors (Lipinski definition) is 6. The van der Waals surface area contributed by atoms with Crippen LogP contribution in [0.1, 0.15) is 64.8 Å². The van der Waals surface area contributed by atoms with Crippen LogP contribution in [0.25, 0.3) is 0 Å². The fraction of sp³-hybridized carbons (Fsp3) is 0.370. The van der Waals surface area contributed by atoms with Gasteiger partial charge in [0.15, 0.2) is 5.78 Å². The van der Waals surface area contributed by atoms with Gasteiger partial charge in [0.25, 0.3) is 5.56 Å². The number of fused-ring (bicyclic) bond motifs is 1. The Labute approximate surface area is 198 Å². The van der Waals surface area contributed by atoms with E-state index in [0.717, 1.165) is 40.9 Å². The highest BCUT2D eigenvalue weighted by atomic mass is 16.3. The number of aliphatic hydroxyl groups is 1. The first-order valence-electron chi connectivity index (χ1n) is 11.8. The van der Waals surface area contributed by atoms with E-state index in [1.165, 1.54) is 10.7 Å². The Balaban J connectivity index is 1.30. The van der Waals surface area contributed by atoms with E-state index in [-0.39, 0.29) is 23.8 Å². The highest BCUT2D eigenvalue weighted by Crippen LogP contribution is 2.36. The summed E-state index contributed by atoms with van der Waals surface area (Å²) in [7, 11) is 0. The Hall–Kier alpha value is -3.45. The molecule has 1 N–H and O–H groups in total. The molecule has 0 radical (unpaired) electrons. The zero-order valence-electron chi connectivity index (χ0n) is 19.3. The van der Waals surface area contributed by atoms with E-state index < -0.39 is 5.60 Å². The van der Waals surface area contributed by atoms with Crippen LogP contribution in [-0.4, -0.2) is 37.0 Å². The molecular weight excluding hydrogens is 428 g/mol. The first-order valence-corrected chi connectivity index (χ1v) is 11.8. The third-order valence-electron chi connectivity index (χ3n) is 6.89. The summed E-state index contributed by atoms with van der Waals surface area (Å²) in [5.41, 5.74) is 4.39. The molecule has 34 heavy (non-hydrogen) atoms. The van der Waals surface area contributed by atoms with Crippen molar-refractivity contribution in [3.63, 3.8) is 0 Å². The van der Waals surface area contributed by atoms with Gasteiger partial charge in [0.2, 0.25) is 0 Å². The molecule has 0 amide bonds. The molecule has 2 aliphatic rings. The molecule has 1 aliphatic heterocycles. The SMILES string of the molecule is Cc1cc(C2=NCc3ccc(C(=O)C[C@@H]4CCC[C@@](O)(Cn5ncccc5=O)C4)cc32)ccn1. The van der Waals surface area contributed by atoms with Crippen molar-refractivity contribution in [3.05, 3.63) is 93.2 Å². The molecule has 0 unspecified atom stereocenters. The van der Waals surface area contributed by atoms with Gasteiger partial charge in [-0.2, -0.15) is 5.10 Å². The summed E-state index contributed by atoms with van der Waals surface area (Å²) < 4.78 is 1.31. The van der Waals surface area contributed by atoms with Crippen molar-refractivity contribution in [2.75, 3.05) is 0 Å². The van der Waals surface area contributed by atoms with Crippen LogP contribution in [0.3, 0.4) is 0 Å². The van der Waals surface area contributed by atoms with Gasteiger partial charge in [-0.15, -0.1) is 0 Å². The maximum Gasteiger partial charge on any atom is 0.266 e.